The first-order chi connectivity index (χ1) is 6.59. The second-order valence-electron chi connectivity index (χ2n) is 2.87. The Kier molecular flexibility index (Phi) is 4.10. The Hall–Kier alpha value is -0.870. The largest absolute Gasteiger partial charge is 0.463 e. The van der Waals surface area contributed by atoms with Crippen LogP contribution in [0, 0.1) is 0 Å². The van der Waals surface area contributed by atoms with Gasteiger partial charge in [-0.2, -0.15) is 0 Å². The number of hydrogen-bond donors (Lipinski definition) is 1. The highest BCUT2D eigenvalue weighted by Crippen LogP contribution is 2.16. The van der Waals surface area contributed by atoms with Gasteiger partial charge in [-0.15, -0.1) is 0 Å². The maximum Gasteiger partial charge on any atom is 0.302 e. The van der Waals surface area contributed by atoms with Gasteiger partial charge in [0.1, 0.15) is 12.7 Å². The molecule has 0 saturated carbocycles. The minimum absolute atomic E-state index is 0.00301. The van der Waals surface area contributed by atoms with E-state index in [0.29, 0.717) is 0 Å². The number of carbonyl (C=O) groups excluding carboxylic acids is 1. The lowest BCUT2D eigenvalue weighted by molar-refractivity contribution is -0.144. The van der Waals surface area contributed by atoms with Crippen LogP contribution in [0.1, 0.15) is 18.6 Å². The second-order valence-corrected chi connectivity index (χ2v) is 3.79. The van der Waals surface area contributed by atoms with Crippen molar-refractivity contribution in [2.24, 2.45) is 0 Å². The van der Waals surface area contributed by atoms with Crippen molar-refractivity contribution < 1.29 is 14.6 Å². The fourth-order valence-electron chi connectivity index (χ4n) is 0.977. The quantitative estimate of drug-likeness (QED) is 0.845. The van der Waals surface area contributed by atoms with E-state index in [4.69, 9.17) is 0 Å². The van der Waals surface area contributed by atoms with E-state index in [1.54, 1.807) is 12.1 Å². The van der Waals surface area contributed by atoms with Crippen LogP contribution < -0.4 is 0 Å². The molecule has 0 saturated heterocycles. The third-order valence-electron chi connectivity index (χ3n) is 1.70. The van der Waals surface area contributed by atoms with Crippen LogP contribution in [0.3, 0.4) is 0 Å². The molecule has 0 radical (unpaired) electrons. The number of aliphatic hydroxyl groups is 1. The van der Waals surface area contributed by atoms with Crippen LogP contribution in [-0.4, -0.2) is 17.7 Å². The van der Waals surface area contributed by atoms with Gasteiger partial charge in [0.2, 0.25) is 0 Å². The van der Waals surface area contributed by atoms with Gasteiger partial charge in [0.05, 0.1) is 0 Å². The van der Waals surface area contributed by atoms with Gasteiger partial charge in [-0.1, -0.05) is 28.1 Å². The Bertz CT molecular complexity index is 308. The van der Waals surface area contributed by atoms with E-state index in [2.05, 4.69) is 20.7 Å². The molecule has 0 aliphatic heterocycles. The zero-order valence-corrected chi connectivity index (χ0v) is 9.32. The Morgan fingerprint density at radius 2 is 2.07 bits per heavy atom. The molecule has 1 atom stereocenters. The third kappa shape index (κ3) is 3.47. The summed E-state index contributed by atoms with van der Waals surface area (Å²) in [6, 6.07) is 7.20. The van der Waals surface area contributed by atoms with Crippen LogP contribution in [-0.2, 0) is 9.53 Å². The van der Waals surface area contributed by atoms with Crippen molar-refractivity contribution in [2.75, 3.05) is 6.61 Å². The molecule has 0 heterocycles. The number of ether oxygens (including phenoxy) is 1. The summed E-state index contributed by atoms with van der Waals surface area (Å²) in [6.45, 7) is 1.31. The number of carbonyl (C=O) groups is 1. The van der Waals surface area contributed by atoms with Gasteiger partial charge >= 0.3 is 5.97 Å². The van der Waals surface area contributed by atoms with Crippen molar-refractivity contribution >= 4 is 21.9 Å². The topological polar surface area (TPSA) is 46.5 Å². The van der Waals surface area contributed by atoms with Crippen LogP contribution in [0.25, 0.3) is 0 Å². The lowest BCUT2D eigenvalue weighted by Gasteiger charge is -2.10. The normalized spacial score (nSPS) is 12.2. The number of hydrogen-bond acceptors (Lipinski definition) is 3. The summed E-state index contributed by atoms with van der Waals surface area (Å²) in [6.07, 6.45) is -0.757. The maximum atomic E-state index is 10.5. The molecule has 1 unspecified atom stereocenters. The van der Waals surface area contributed by atoms with Crippen molar-refractivity contribution in [3.05, 3.63) is 34.3 Å². The highest BCUT2D eigenvalue weighted by atomic mass is 79.9. The summed E-state index contributed by atoms with van der Waals surface area (Å²) in [5, 5.41) is 9.57. The van der Waals surface area contributed by atoms with Crippen LogP contribution in [0.2, 0.25) is 0 Å². The molecule has 0 bridgehead atoms. The zero-order valence-electron chi connectivity index (χ0n) is 7.74. The van der Waals surface area contributed by atoms with E-state index in [1.165, 1.54) is 6.92 Å². The number of esters is 1. The van der Waals surface area contributed by atoms with Gasteiger partial charge in [-0.25, -0.2) is 0 Å². The van der Waals surface area contributed by atoms with Crippen molar-refractivity contribution in [1.29, 1.82) is 0 Å². The van der Waals surface area contributed by atoms with Crippen LogP contribution in [0.15, 0.2) is 28.7 Å². The Balaban J connectivity index is 2.56. The molecule has 1 rings (SSSR count). The first-order valence-electron chi connectivity index (χ1n) is 4.16. The first kappa shape index (κ1) is 11.2. The second kappa shape index (κ2) is 5.12. The Morgan fingerprint density at radius 3 is 2.57 bits per heavy atom. The fraction of sp³-hybridized carbons (Fsp3) is 0.300. The number of benzene rings is 1. The molecule has 4 heteroatoms. The molecule has 3 nitrogen and oxygen atoms in total. The minimum atomic E-state index is -0.757. The van der Waals surface area contributed by atoms with Crippen LogP contribution in [0.5, 0.6) is 0 Å². The number of rotatable bonds is 3. The fourth-order valence-corrected chi connectivity index (χ4v) is 1.24. The van der Waals surface area contributed by atoms with E-state index in [1.807, 2.05) is 12.1 Å². The molecular formula is C10H11BrO3. The van der Waals surface area contributed by atoms with Crippen LogP contribution >= 0.6 is 15.9 Å². The SMILES string of the molecule is CC(=O)OCC(O)c1ccc(Br)cc1. The standard InChI is InChI=1S/C10H11BrO3/c1-7(12)14-6-10(13)8-2-4-9(11)5-3-8/h2-5,10,13H,6H2,1H3. The molecule has 0 aliphatic rings. The number of aliphatic hydroxyl groups excluding tert-OH is 1. The molecule has 14 heavy (non-hydrogen) atoms. The Labute approximate surface area is 90.8 Å². The Morgan fingerprint density at radius 1 is 1.50 bits per heavy atom. The lowest BCUT2D eigenvalue weighted by atomic mass is 10.1. The first-order valence-corrected chi connectivity index (χ1v) is 4.96. The van der Waals surface area contributed by atoms with Gasteiger partial charge in [-0.05, 0) is 17.7 Å². The predicted octanol–water partition coefficient (Wildman–Crippen LogP) is 2.05. The van der Waals surface area contributed by atoms with Gasteiger partial charge in [-0.3, -0.25) is 4.79 Å². The summed E-state index contributed by atoms with van der Waals surface area (Å²) in [5.41, 5.74) is 0.731. The van der Waals surface area contributed by atoms with Gasteiger partial charge in [0.25, 0.3) is 0 Å². The van der Waals surface area contributed by atoms with Gasteiger partial charge < -0.3 is 9.84 Å². The average molecular weight is 259 g/mol. The van der Waals surface area contributed by atoms with E-state index in [0.717, 1.165) is 10.0 Å². The molecule has 76 valence electrons. The molecule has 0 fully saturated rings. The summed E-state index contributed by atoms with van der Waals surface area (Å²) in [7, 11) is 0. The van der Waals surface area contributed by atoms with Gasteiger partial charge in [0, 0.05) is 11.4 Å². The average Bonchev–Trinajstić information content (AvgIpc) is 2.15. The molecular weight excluding hydrogens is 248 g/mol. The lowest BCUT2D eigenvalue weighted by Crippen LogP contribution is -2.09. The molecule has 1 aromatic carbocycles. The summed E-state index contributed by atoms with van der Waals surface area (Å²) < 4.78 is 5.63. The predicted molar refractivity (Wildman–Crippen MR) is 55.7 cm³/mol. The monoisotopic (exact) mass is 258 g/mol. The van der Waals surface area contributed by atoms with E-state index in [-0.39, 0.29) is 12.6 Å². The van der Waals surface area contributed by atoms with Crippen molar-refractivity contribution in [3.8, 4) is 0 Å². The van der Waals surface area contributed by atoms with Crippen LogP contribution in [0.4, 0.5) is 0 Å². The third-order valence-corrected chi connectivity index (χ3v) is 2.23. The number of halogens is 1. The van der Waals surface area contributed by atoms with E-state index < -0.39 is 6.10 Å². The molecule has 0 spiro atoms. The molecule has 1 aromatic rings. The van der Waals surface area contributed by atoms with Gasteiger partial charge in [0.15, 0.2) is 0 Å². The zero-order chi connectivity index (χ0) is 10.6. The molecule has 0 aliphatic carbocycles. The van der Waals surface area contributed by atoms with Crippen molar-refractivity contribution in [3.63, 3.8) is 0 Å². The molecule has 0 aromatic heterocycles. The molecule has 1 N–H and O–H groups in total. The van der Waals surface area contributed by atoms with Crippen molar-refractivity contribution in [2.45, 2.75) is 13.0 Å². The maximum absolute atomic E-state index is 10.5. The minimum Gasteiger partial charge on any atom is -0.463 e. The smallest absolute Gasteiger partial charge is 0.302 e. The van der Waals surface area contributed by atoms with Crippen molar-refractivity contribution in [1.82, 2.24) is 0 Å². The molecule has 0 amide bonds. The summed E-state index contributed by atoms with van der Waals surface area (Å²) in [5.74, 6) is -0.388. The summed E-state index contributed by atoms with van der Waals surface area (Å²) in [4.78, 5) is 10.5. The highest BCUT2D eigenvalue weighted by Gasteiger charge is 2.08. The van der Waals surface area contributed by atoms with E-state index in [9.17, 15) is 9.90 Å². The van der Waals surface area contributed by atoms with E-state index >= 15 is 0 Å². The summed E-state index contributed by atoms with van der Waals surface area (Å²) >= 11 is 3.29. The highest BCUT2D eigenvalue weighted by molar-refractivity contribution is 9.10.